The van der Waals surface area contributed by atoms with Crippen molar-refractivity contribution in [3.05, 3.63) is 0 Å². The van der Waals surface area contributed by atoms with Crippen LogP contribution < -0.4 is 5.32 Å². The monoisotopic (exact) mass is 301 g/mol. The van der Waals surface area contributed by atoms with Gasteiger partial charge in [0.1, 0.15) is 5.92 Å². The summed E-state index contributed by atoms with van der Waals surface area (Å²) in [7, 11) is -1.90. The molecule has 0 bridgehead atoms. The second-order valence-electron chi connectivity index (χ2n) is 6.52. The highest BCUT2D eigenvalue weighted by atomic mass is 28.4. The number of hydrogen-bond donors (Lipinski definition) is 1. The zero-order valence-corrected chi connectivity index (χ0v) is 14.5. The summed E-state index contributed by atoms with van der Waals surface area (Å²) in [6.07, 6.45) is -0.787. The maximum absolute atomic E-state index is 11.7. The molecule has 4 atom stereocenters. The molecule has 0 aliphatic carbocycles. The fourth-order valence-corrected chi connectivity index (χ4v) is 5.50. The highest BCUT2D eigenvalue weighted by molar-refractivity contribution is 6.72. The Kier molecular flexibility index (Phi) is 5.37. The van der Waals surface area contributed by atoms with E-state index in [1.807, 2.05) is 6.92 Å². The Bertz CT molecular complexity index is 383. The first-order valence-electron chi connectivity index (χ1n) is 7.21. The first-order valence-corrected chi connectivity index (χ1v) is 10.2. The standard InChI is InChI=1S/C14H27NO4Si/c1-8(2)10(4)20(6,7)19-9(3)12-13(17)15-14(12)18-11(5)16/h8-10,12,14H,1-7H3,(H,15,17). The second kappa shape index (κ2) is 6.26. The molecular formula is C14H27NO4Si. The molecule has 1 aliphatic rings. The molecule has 1 fully saturated rings. The van der Waals surface area contributed by atoms with Gasteiger partial charge in [0.05, 0.1) is 6.10 Å². The summed E-state index contributed by atoms with van der Waals surface area (Å²) in [5.41, 5.74) is 0.486. The molecule has 1 saturated heterocycles. The average molecular weight is 301 g/mol. The van der Waals surface area contributed by atoms with Crippen LogP contribution in [0, 0.1) is 11.8 Å². The van der Waals surface area contributed by atoms with Gasteiger partial charge in [-0.1, -0.05) is 20.8 Å². The van der Waals surface area contributed by atoms with E-state index in [0.717, 1.165) is 0 Å². The van der Waals surface area contributed by atoms with Gasteiger partial charge in [-0.3, -0.25) is 9.59 Å². The molecule has 0 aromatic heterocycles. The maximum atomic E-state index is 11.7. The Labute approximate surface area is 122 Å². The Hall–Kier alpha value is -0.883. The number of nitrogens with one attached hydrogen (secondary N) is 1. The molecule has 1 heterocycles. The molecule has 1 aliphatic heterocycles. The quantitative estimate of drug-likeness (QED) is 0.464. The van der Waals surface area contributed by atoms with Crippen molar-refractivity contribution in [1.82, 2.24) is 5.32 Å². The van der Waals surface area contributed by atoms with Gasteiger partial charge in [0.15, 0.2) is 14.5 Å². The van der Waals surface area contributed by atoms with Gasteiger partial charge in [0.25, 0.3) is 0 Å². The predicted octanol–water partition coefficient (Wildman–Crippen LogP) is 2.28. The minimum absolute atomic E-state index is 0.106. The fraction of sp³-hybridized carbons (Fsp3) is 0.857. The number of carbonyl (C=O) groups excluding carboxylic acids is 2. The van der Waals surface area contributed by atoms with Crippen molar-refractivity contribution in [2.75, 3.05) is 0 Å². The van der Waals surface area contributed by atoms with Crippen molar-refractivity contribution in [3.8, 4) is 0 Å². The summed E-state index contributed by atoms with van der Waals surface area (Å²) in [6, 6.07) is 0. The highest BCUT2D eigenvalue weighted by Gasteiger charge is 2.48. The van der Waals surface area contributed by atoms with Crippen molar-refractivity contribution in [2.45, 2.75) is 65.6 Å². The zero-order chi connectivity index (χ0) is 15.7. The molecule has 5 nitrogen and oxygen atoms in total. The van der Waals surface area contributed by atoms with E-state index in [9.17, 15) is 9.59 Å². The van der Waals surface area contributed by atoms with E-state index in [1.54, 1.807) is 0 Å². The van der Waals surface area contributed by atoms with Crippen molar-refractivity contribution in [3.63, 3.8) is 0 Å². The van der Waals surface area contributed by atoms with E-state index >= 15 is 0 Å². The van der Waals surface area contributed by atoms with Gasteiger partial charge < -0.3 is 14.5 Å². The van der Waals surface area contributed by atoms with Gasteiger partial charge in [-0.25, -0.2) is 0 Å². The summed E-state index contributed by atoms with van der Waals surface area (Å²) in [4.78, 5) is 22.7. The summed E-state index contributed by atoms with van der Waals surface area (Å²) in [5.74, 6) is -0.349. The van der Waals surface area contributed by atoms with Crippen LogP contribution in [0.2, 0.25) is 18.6 Å². The van der Waals surface area contributed by atoms with Crippen LogP contribution in [0.1, 0.15) is 34.6 Å². The Morgan fingerprint density at radius 2 is 1.80 bits per heavy atom. The van der Waals surface area contributed by atoms with Crippen LogP contribution in [0.3, 0.4) is 0 Å². The molecule has 4 unspecified atom stereocenters. The number of hydrogen-bond acceptors (Lipinski definition) is 4. The Morgan fingerprint density at radius 3 is 2.20 bits per heavy atom. The lowest BCUT2D eigenvalue weighted by atomic mass is 9.93. The first-order chi connectivity index (χ1) is 9.06. The maximum Gasteiger partial charge on any atom is 0.304 e. The predicted molar refractivity (Wildman–Crippen MR) is 79.5 cm³/mol. The fourth-order valence-electron chi connectivity index (χ4n) is 2.57. The summed E-state index contributed by atoms with van der Waals surface area (Å²) in [6.45, 7) is 14.1. The molecule has 0 spiro atoms. The largest absolute Gasteiger partial charge is 0.441 e. The number of amides is 1. The number of rotatable bonds is 6. The SMILES string of the molecule is CC(=O)OC1NC(=O)C1C(C)O[Si](C)(C)C(C)C(C)C. The van der Waals surface area contributed by atoms with Crippen molar-refractivity contribution >= 4 is 20.2 Å². The molecule has 1 amide bonds. The number of β-lactam (4-membered cyclic amide) rings is 1. The van der Waals surface area contributed by atoms with E-state index < -0.39 is 20.5 Å². The van der Waals surface area contributed by atoms with Crippen molar-refractivity contribution in [2.24, 2.45) is 11.8 Å². The van der Waals surface area contributed by atoms with Gasteiger partial charge in [0.2, 0.25) is 5.91 Å². The van der Waals surface area contributed by atoms with E-state index in [2.05, 4.69) is 39.2 Å². The summed E-state index contributed by atoms with van der Waals surface area (Å²) in [5, 5.41) is 2.60. The van der Waals surface area contributed by atoms with Crippen molar-refractivity contribution < 1.29 is 18.8 Å². The molecule has 0 radical (unpaired) electrons. The molecular weight excluding hydrogens is 274 g/mol. The number of ether oxygens (including phenoxy) is 1. The average Bonchev–Trinajstić information content (AvgIpc) is 2.24. The van der Waals surface area contributed by atoms with Crippen LogP contribution in [0.4, 0.5) is 0 Å². The third-order valence-corrected chi connectivity index (χ3v) is 8.14. The minimum atomic E-state index is -1.90. The Balaban J connectivity index is 2.67. The van der Waals surface area contributed by atoms with E-state index in [0.29, 0.717) is 11.5 Å². The molecule has 6 heteroatoms. The molecule has 116 valence electrons. The lowest BCUT2D eigenvalue weighted by molar-refractivity contribution is -0.172. The lowest BCUT2D eigenvalue weighted by Gasteiger charge is -2.43. The number of esters is 1. The summed E-state index contributed by atoms with van der Waals surface area (Å²) >= 11 is 0. The molecule has 0 saturated carbocycles. The third-order valence-electron chi connectivity index (χ3n) is 4.30. The first kappa shape index (κ1) is 17.2. The van der Waals surface area contributed by atoms with Gasteiger partial charge in [-0.2, -0.15) is 0 Å². The second-order valence-corrected chi connectivity index (χ2v) is 10.9. The summed E-state index contributed by atoms with van der Waals surface area (Å²) < 4.78 is 11.3. The molecule has 0 aromatic rings. The molecule has 1 N–H and O–H groups in total. The Morgan fingerprint density at radius 1 is 1.25 bits per heavy atom. The molecule has 0 aromatic carbocycles. The normalized spacial score (nSPS) is 25.7. The topological polar surface area (TPSA) is 64.6 Å². The van der Waals surface area contributed by atoms with Crippen LogP contribution in [0.5, 0.6) is 0 Å². The lowest BCUT2D eigenvalue weighted by Crippen LogP contribution is -2.64. The smallest absolute Gasteiger partial charge is 0.304 e. The third kappa shape index (κ3) is 3.82. The number of carbonyl (C=O) groups is 2. The van der Waals surface area contributed by atoms with Gasteiger partial charge in [-0.05, 0) is 31.5 Å². The molecule has 1 rings (SSSR count). The molecule has 20 heavy (non-hydrogen) atoms. The van der Waals surface area contributed by atoms with Gasteiger partial charge >= 0.3 is 5.97 Å². The van der Waals surface area contributed by atoms with Crippen molar-refractivity contribution in [1.29, 1.82) is 0 Å². The van der Waals surface area contributed by atoms with E-state index in [1.165, 1.54) is 6.92 Å². The highest BCUT2D eigenvalue weighted by Crippen LogP contribution is 2.33. The van der Waals surface area contributed by atoms with Gasteiger partial charge in [-0.15, -0.1) is 0 Å². The van der Waals surface area contributed by atoms with E-state index in [4.69, 9.17) is 9.16 Å². The minimum Gasteiger partial charge on any atom is -0.441 e. The van der Waals surface area contributed by atoms with Crippen LogP contribution in [-0.4, -0.2) is 32.5 Å². The van der Waals surface area contributed by atoms with E-state index in [-0.39, 0.29) is 18.0 Å². The van der Waals surface area contributed by atoms with Gasteiger partial charge in [0, 0.05) is 6.92 Å². The van der Waals surface area contributed by atoms with Crippen LogP contribution in [0.25, 0.3) is 0 Å². The van der Waals surface area contributed by atoms with Crippen LogP contribution >= 0.6 is 0 Å². The zero-order valence-electron chi connectivity index (χ0n) is 13.5. The van der Waals surface area contributed by atoms with Crippen LogP contribution in [0.15, 0.2) is 0 Å². The van der Waals surface area contributed by atoms with Crippen LogP contribution in [-0.2, 0) is 18.8 Å².